The number of anilines is 2. The zero-order valence-electron chi connectivity index (χ0n) is 37.3. The average Bonchev–Trinajstić information content (AvgIpc) is 3.37. The molecule has 5 rings (SSSR count). The van der Waals surface area contributed by atoms with Crippen LogP contribution in [0.2, 0.25) is 0 Å². The number of carbonyl (C=O) groups is 2. The maximum Gasteiger partial charge on any atom is 0.486 e. The molecule has 62 heavy (non-hydrogen) atoms. The Labute approximate surface area is 390 Å². The molecule has 0 saturated carbocycles. The van der Waals surface area contributed by atoms with Crippen LogP contribution in [-0.4, -0.2) is 86.7 Å². The summed E-state index contributed by atoms with van der Waals surface area (Å²) in [6, 6.07) is 6.70. The highest BCUT2D eigenvalue weighted by atomic mass is 79.9. The van der Waals surface area contributed by atoms with Gasteiger partial charge in [-0.1, -0.05) is 72.0 Å². The van der Waals surface area contributed by atoms with Gasteiger partial charge in [0.25, 0.3) is 0 Å². The third-order valence-corrected chi connectivity index (χ3v) is 12.2. The normalized spacial score (nSPS) is 13.9. The van der Waals surface area contributed by atoms with Gasteiger partial charge in [0, 0.05) is 26.5 Å². The second kappa shape index (κ2) is 23.4. The van der Waals surface area contributed by atoms with Crippen molar-refractivity contribution in [3.05, 3.63) is 106 Å². The molecule has 334 valence electrons. The van der Waals surface area contributed by atoms with E-state index in [2.05, 4.69) is 78.4 Å². The van der Waals surface area contributed by atoms with Crippen molar-refractivity contribution in [2.24, 2.45) is 0 Å². The van der Waals surface area contributed by atoms with Gasteiger partial charge in [0.05, 0.1) is 47.2 Å². The molecule has 0 bridgehead atoms. The number of phenols is 2. The maximum atomic E-state index is 11.9. The zero-order valence-corrected chi connectivity index (χ0v) is 42.0. The van der Waals surface area contributed by atoms with Gasteiger partial charge in [0.15, 0.2) is 0 Å². The van der Waals surface area contributed by atoms with E-state index in [1.54, 1.807) is 65.8 Å². The number of benzene rings is 2. The van der Waals surface area contributed by atoms with Crippen LogP contribution in [0.4, 0.5) is 11.9 Å². The van der Waals surface area contributed by atoms with Crippen LogP contribution < -0.4 is 10.6 Å². The number of rotatable bonds is 12. The zero-order chi connectivity index (χ0) is 46.5. The molecule has 14 nitrogen and oxygen atoms in total. The fraction of sp³-hybridized carbons (Fsp3) is 0.409. The van der Waals surface area contributed by atoms with Crippen LogP contribution in [0.25, 0.3) is 6.08 Å². The minimum atomic E-state index is -0.404. The lowest BCUT2D eigenvalue weighted by Gasteiger charge is -2.32. The molecule has 2 aromatic carbocycles. The summed E-state index contributed by atoms with van der Waals surface area (Å²) in [7, 11) is -0.377. The Kier molecular flexibility index (Phi) is 19.6. The summed E-state index contributed by atoms with van der Waals surface area (Å²) in [4.78, 5) is 41.2. The van der Waals surface area contributed by atoms with Crippen molar-refractivity contribution < 1.29 is 38.6 Å². The third kappa shape index (κ3) is 14.6. The highest BCUT2D eigenvalue weighted by Crippen LogP contribution is 2.37. The summed E-state index contributed by atoms with van der Waals surface area (Å²) in [6.07, 6.45) is 5.75. The van der Waals surface area contributed by atoms with Gasteiger partial charge in [-0.2, -0.15) is 0 Å². The van der Waals surface area contributed by atoms with Crippen molar-refractivity contribution in [2.75, 3.05) is 36.9 Å². The van der Waals surface area contributed by atoms with Gasteiger partial charge in [0.2, 0.25) is 11.9 Å². The number of ether oxygens (including phenoxy) is 2. The van der Waals surface area contributed by atoms with Crippen LogP contribution in [0.15, 0.2) is 55.8 Å². The Balaban J connectivity index is 0.000000271. The number of phenolic OH excluding ortho intramolecular Hbond substituents is 2. The van der Waals surface area contributed by atoms with Crippen LogP contribution in [0, 0.1) is 41.5 Å². The summed E-state index contributed by atoms with van der Waals surface area (Å²) < 4.78 is 24.6. The number of hydrogen-bond acceptors (Lipinski definition) is 14. The fourth-order valence-electron chi connectivity index (χ4n) is 5.71. The largest absolute Gasteiger partial charge is 0.508 e. The smallest absolute Gasteiger partial charge is 0.486 e. The van der Waals surface area contributed by atoms with Crippen molar-refractivity contribution in [3.8, 4) is 11.5 Å². The van der Waals surface area contributed by atoms with E-state index in [4.69, 9.17) is 23.9 Å². The minimum Gasteiger partial charge on any atom is -0.508 e. The first-order chi connectivity index (χ1) is 29.0. The molecule has 0 radical (unpaired) electrons. The second-order valence-electron chi connectivity index (χ2n) is 15.0. The highest BCUT2D eigenvalue weighted by Gasteiger charge is 2.50. The molecule has 1 aliphatic heterocycles. The van der Waals surface area contributed by atoms with Gasteiger partial charge in [-0.3, -0.25) is 0 Å². The number of aromatic hydroxyl groups is 2. The first-order valence-corrected chi connectivity index (χ1v) is 22.2. The lowest BCUT2D eigenvalue weighted by molar-refractivity contribution is 0.00578. The first-order valence-electron chi connectivity index (χ1n) is 19.9. The van der Waals surface area contributed by atoms with Gasteiger partial charge < -0.3 is 39.6 Å². The Morgan fingerprint density at radius 1 is 0.661 bits per heavy atom. The standard InChI is InChI=1S/C19H22BrN3O3.C18H28BN3O4.C7H6Br2O/c1-5-26-18(25)17-12(3)22-19(23-13(17)4)21-8-6-7-14-9-15(24)10-16(20)11(14)2;1-8-24-15(23)14-12(2)21-16(22-13(14)3)20-11-9-10-19-25-17(4,5)18(6,7)26-19;1-4-6(8)2-5(10)3-7(4)9/h6-7,9-10,24H,5,8H2,1-4H3,(H,21,22,23);9-10H,8,11H2,1-7H3,(H,20,21,22);2-3,10H,1H3/b7-6+;10-9+;. The fourth-order valence-corrected chi connectivity index (χ4v) is 7.34. The summed E-state index contributed by atoms with van der Waals surface area (Å²) in [5.74, 6) is 2.46. The first kappa shape index (κ1) is 52.0. The molecule has 1 saturated heterocycles. The van der Waals surface area contributed by atoms with Crippen LogP contribution in [-0.2, 0) is 18.8 Å². The van der Waals surface area contributed by atoms with E-state index in [0.29, 0.717) is 72.1 Å². The summed E-state index contributed by atoms with van der Waals surface area (Å²) >= 11 is 10.0. The van der Waals surface area contributed by atoms with Crippen molar-refractivity contribution in [1.82, 2.24) is 19.9 Å². The van der Waals surface area contributed by atoms with E-state index >= 15 is 0 Å². The monoisotopic (exact) mass is 1040 g/mol. The van der Waals surface area contributed by atoms with Crippen molar-refractivity contribution >= 4 is 84.8 Å². The molecule has 18 heteroatoms. The van der Waals surface area contributed by atoms with E-state index in [9.17, 15) is 14.7 Å². The van der Waals surface area contributed by atoms with Gasteiger partial charge in [-0.15, -0.1) is 0 Å². The maximum absolute atomic E-state index is 11.9. The van der Waals surface area contributed by atoms with Crippen LogP contribution in [0.1, 0.15) is 102 Å². The number of aryl methyl sites for hydroxylation is 4. The number of halogens is 3. The molecule has 2 aromatic heterocycles. The van der Waals surface area contributed by atoms with Gasteiger partial charge in [-0.05, 0) is 124 Å². The van der Waals surface area contributed by atoms with Crippen molar-refractivity contribution in [2.45, 2.75) is 94.3 Å². The van der Waals surface area contributed by atoms with E-state index in [0.717, 1.165) is 30.1 Å². The third-order valence-electron chi connectivity index (χ3n) is 9.75. The lowest BCUT2D eigenvalue weighted by atomic mass is 9.90. The highest BCUT2D eigenvalue weighted by molar-refractivity contribution is 9.11. The molecule has 0 amide bonds. The number of esters is 2. The number of nitrogens with zero attached hydrogens (tertiary/aromatic N) is 4. The molecule has 4 N–H and O–H groups in total. The second-order valence-corrected chi connectivity index (χ2v) is 17.6. The van der Waals surface area contributed by atoms with Gasteiger partial charge in [0.1, 0.15) is 22.6 Å². The summed E-state index contributed by atoms with van der Waals surface area (Å²) in [6.45, 7) is 24.3. The number of carbonyl (C=O) groups excluding carboxylic acids is 2. The lowest BCUT2D eigenvalue weighted by Crippen LogP contribution is -2.41. The van der Waals surface area contributed by atoms with Crippen molar-refractivity contribution in [3.63, 3.8) is 0 Å². The predicted molar refractivity (Wildman–Crippen MR) is 255 cm³/mol. The molecule has 0 spiro atoms. The van der Waals surface area contributed by atoms with E-state index in [1.807, 2.05) is 65.7 Å². The minimum absolute atomic E-state index is 0.208. The Morgan fingerprint density at radius 3 is 1.44 bits per heavy atom. The topological polar surface area (TPSA) is 187 Å². The van der Waals surface area contributed by atoms with Crippen LogP contribution in [0.3, 0.4) is 0 Å². The molecular formula is C44H56BBr3N6O8. The van der Waals surface area contributed by atoms with E-state index in [-0.39, 0.29) is 29.8 Å². The SMILES string of the molecule is CCOC(=O)c1c(C)nc(NC/C=C/B2OC(C)(C)C(C)(C)O2)nc1C.CCOC(=O)c1c(C)nc(NC/C=C/c2cc(O)cc(Br)c2C)nc1C.Cc1c(Br)cc(O)cc1Br. The predicted octanol–water partition coefficient (Wildman–Crippen LogP) is 10.3. The number of nitrogens with one attached hydrogen (secondary N) is 2. The molecule has 0 atom stereocenters. The summed E-state index contributed by atoms with van der Waals surface area (Å²) in [5, 5.41) is 25.0. The quantitative estimate of drug-likeness (QED) is 0.0775. The van der Waals surface area contributed by atoms with Crippen LogP contribution in [0.5, 0.6) is 11.5 Å². The number of aromatic nitrogens is 4. The Hall–Kier alpha value is -4.36. The molecule has 3 heterocycles. The average molecular weight is 1050 g/mol. The van der Waals surface area contributed by atoms with E-state index in [1.165, 1.54) is 0 Å². The van der Waals surface area contributed by atoms with Crippen LogP contribution >= 0.6 is 47.8 Å². The Morgan fingerprint density at radius 2 is 1.03 bits per heavy atom. The number of hydrogen-bond donors (Lipinski definition) is 4. The molecule has 4 aromatic rings. The molecule has 1 fully saturated rings. The van der Waals surface area contributed by atoms with Gasteiger partial charge in [-0.25, -0.2) is 29.5 Å². The molecule has 0 aliphatic carbocycles. The van der Waals surface area contributed by atoms with Gasteiger partial charge >= 0.3 is 19.1 Å². The van der Waals surface area contributed by atoms with Crippen molar-refractivity contribution in [1.29, 1.82) is 0 Å². The van der Waals surface area contributed by atoms with E-state index < -0.39 is 11.9 Å². The molecule has 0 unspecified atom stereocenters. The molecular weight excluding hydrogens is 991 g/mol. The summed E-state index contributed by atoms with van der Waals surface area (Å²) in [5.41, 5.74) is 5.53. The molecule has 1 aliphatic rings. The Bertz CT molecular complexity index is 2200.